The summed E-state index contributed by atoms with van der Waals surface area (Å²) in [5.41, 5.74) is 0. The van der Waals surface area contributed by atoms with Gasteiger partial charge in [-0.05, 0) is 38.1 Å². The van der Waals surface area contributed by atoms with Crippen LogP contribution in [-0.4, -0.2) is 48.7 Å². The van der Waals surface area contributed by atoms with Gasteiger partial charge in [0.05, 0.1) is 18.8 Å². The molecule has 1 aliphatic carbocycles. The molecule has 0 bridgehead atoms. The van der Waals surface area contributed by atoms with Crippen molar-refractivity contribution in [2.75, 3.05) is 26.3 Å². The minimum atomic E-state index is -0.433. The standard InChI is InChI=1S/C12H25NO3/c1-2-11(14)5-6-13-7-12(15)9-16-8-10-3-4-10/h10-15H,2-9H2,1H3. The SMILES string of the molecule is CCC(O)CCNCC(O)COCC1CC1. The Kier molecular flexibility index (Phi) is 6.96. The molecule has 2 unspecified atom stereocenters. The maximum Gasteiger partial charge on any atom is 0.0897 e. The minimum Gasteiger partial charge on any atom is -0.393 e. The molecule has 1 aliphatic rings. The van der Waals surface area contributed by atoms with Gasteiger partial charge in [-0.3, -0.25) is 0 Å². The van der Waals surface area contributed by atoms with Crippen LogP contribution < -0.4 is 5.32 Å². The molecular formula is C12H25NO3. The molecule has 16 heavy (non-hydrogen) atoms. The Hall–Kier alpha value is -0.160. The van der Waals surface area contributed by atoms with Crippen molar-refractivity contribution < 1.29 is 14.9 Å². The van der Waals surface area contributed by atoms with Crippen LogP contribution in [0.25, 0.3) is 0 Å². The van der Waals surface area contributed by atoms with Gasteiger partial charge in [-0.25, -0.2) is 0 Å². The first-order valence-corrected chi connectivity index (χ1v) is 6.37. The summed E-state index contributed by atoms with van der Waals surface area (Å²) in [5, 5.41) is 22.0. The van der Waals surface area contributed by atoms with Gasteiger partial charge in [0, 0.05) is 13.2 Å². The molecule has 96 valence electrons. The molecule has 0 radical (unpaired) electrons. The Morgan fingerprint density at radius 2 is 2.06 bits per heavy atom. The van der Waals surface area contributed by atoms with Gasteiger partial charge in [0.25, 0.3) is 0 Å². The van der Waals surface area contributed by atoms with E-state index in [4.69, 9.17) is 4.74 Å². The molecule has 0 spiro atoms. The fourth-order valence-corrected chi connectivity index (χ4v) is 1.46. The molecule has 0 aromatic heterocycles. The molecule has 0 saturated heterocycles. The van der Waals surface area contributed by atoms with E-state index < -0.39 is 6.10 Å². The van der Waals surface area contributed by atoms with E-state index in [9.17, 15) is 10.2 Å². The zero-order chi connectivity index (χ0) is 11.8. The zero-order valence-electron chi connectivity index (χ0n) is 10.2. The number of aliphatic hydroxyl groups excluding tert-OH is 2. The molecule has 4 heteroatoms. The van der Waals surface area contributed by atoms with Gasteiger partial charge < -0.3 is 20.3 Å². The van der Waals surface area contributed by atoms with Crippen LogP contribution >= 0.6 is 0 Å². The van der Waals surface area contributed by atoms with E-state index in [1.165, 1.54) is 12.8 Å². The summed E-state index contributed by atoms with van der Waals surface area (Å²) in [5.74, 6) is 0.750. The number of rotatable bonds is 10. The summed E-state index contributed by atoms with van der Waals surface area (Å²) < 4.78 is 5.38. The lowest BCUT2D eigenvalue weighted by molar-refractivity contribution is 0.0321. The van der Waals surface area contributed by atoms with Crippen LogP contribution in [0.4, 0.5) is 0 Å². The summed E-state index contributed by atoms with van der Waals surface area (Å²) in [4.78, 5) is 0. The summed E-state index contributed by atoms with van der Waals surface area (Å²) in [6.45, 7) is 4.46. The highest BCUT2D eigenvalue weighted by atomic mass is 16.5. The van der Waals surface area contributed by atoms with Gasteiger partial charge in [0.1, 0.15) is 0 Å². The van der Waals surface area contributed by atoms with Crippen LogP contribution in [0, 0.1) is 5.92 Å². The van der Waals surface area contributed by atoms with Gasteiger partial charge in [0.2, 0.25) is 0 Å². The first-order valence-electron chi connectivity index (χ1n) is 6.37. The lowest BCUT2D eigenvalue weighted by Gasteiger charge is -2.13. The molecular weight excluding hydrogens is 206 g/mol. The molecule has 1 saturated carbocycles. The van der Waals surface area contributed by atoms with Crippen LogP contribution in [-0.2, 0) is 4.74 Å². The maximum absolute atomic E-state index is 9.55. The van der Waals surface area contributed by atoms with Crippen molar-refractivity contribution in [3.63, 3.8) is 0 Å². The van der Waals surface area contributed by atoms with Crippen LogP contribution in [0.2, 0.25) is 0 Å². The fourth-order valence-electron chi connectivity index (χ4n) is 1.46. The van der Waals surface area contributed by atoms with Crippen molar-refractivity contribution in [3.05, 3.63) is 0 Å². The van der Waals surface area contributed by atoms with Crippen molar-refractivity contribution in [1.29, 1.82) is 0 Å². The average Bonchev–Trinajstić information content (AvgIpc) is 3.08. The Bertz CT molecular complexity index is 174. The largest absolute Gasteiger partial charge is 0.393 e. The summed E-state index contributed by atoms with van der Waals surface area (Å²) in [6, 6.07) is 0. The molecule has 0 aromatic rings. The third-order valence-electron chi connectivity index (χ3n) is 2.87. The Labute approximate surface area is 98.0 Å². The minimum absolute atomic E-state index is 0.226. The van der Waals surface area contributed by atoms with E-state index in [-0.39, 0.29) is 6.10 Å². The second kappa shape index (κ2) is 8.01. The molecule has 2 atom stereocenters. The molecule has 4 nitrogen and oxygen atoms in total. The first-order chi connectivity index (χ1) is 7.72. The summed E-state index contributed by atoms with van der Waals surface area (Å²) in [6.07, 6.45) is 3.43. The Balaban J connectivity index is 1.83. The monoisotopic (exact) mass is 231 g/mol. The number of hydrogen-bond acceptors (Lipinski definition) is 4. The molecule has 0 aromatic carbocycles. The molecule has 3 N–H and O–H groups in total. The maximum atomic E-state index is 9.55. The first kappa shape index (κ1) is 13.9. The zero-order valence-corrected chi connectivity index (χ0v) is 10.2. The number of nitrogens with one attached hydrogen (secondary N) is 1. The van der Waals surface area contributed by atoms with Gasteiger partial charge in [-0.15, -0.1) is 0 Å². The van der Waals surface area contributed by atoms with E-state index in [1.807, 2.05) is 6.92 Å². The van der Waals surface area contributed by atoms with Crippen LogP contribution in [0.5, 0.6) is 0 Å². The van der Waals surface area contributed by atoms with Crippen molar-refractivity contribution in [3.8, 4) is 0 Å². The van der Waals surface area contributed by atoms with Crippen LogP contribution in [0.3, 0.4) is 0 Å². The smallest absolute Gasteiger partial charge is 0.0897 e. The molecule has 0 aliphatic heterocycles. The highest BCUT2D eigenvalue weighted by molar-refractivity contribution is 4.72. The summed E-state index contributed by atoms with van der Waals surface area (Å²) in [7, 11) is 0. The summed E-state index contributed by atoms with van der Waals surface area (Å²) >= 11 is 0. The number of hydrogen-bond donors (Lipinski definition) is 3. The Morgan fingerprint density at radius 1 is 1.31 bits per heavy atom. The fraction of sp³-hybridized carbons (Fsp3) is 1.00. The van der Waals surface area contributed by atoms with Crippen molar-refractivity contribution in [1.82, 2.24) is 5.32 Å². The highest BCUT2D eigenvalue weighted by Crippen LogP contribution is 2.28. The van der Waals surface area contributed by atoms with Gasteiger partial charge in [-0.2, -0.15) is 0 Å². The molecule has 0 heterocycles. The average molecular weight is 231 g/mol. The van der Waals surface area contributed by atoms with Crippen molar-refractivity contribution in [2.45, 2.75) is 44.8 Å². The van der Waals surface area contributed by atoms with Crippen molar-refractivity contribution in [2.24, 2.45) is 5.92 Å². The quantitative estimate of drug-likeness (QED) is 0.480. The van der Waals surface area contributed by atoms with Crippen molar-refractivity contribution >= 4 is 0 Å². The normalized spacial score (nSPS) is 19.7. The topological polar surface area (TPSA) is 61.7 Å². The molecule has 0 amide bonds. The van der Waals surface area contributed by atoms with Gasteiger partial charge in [-0.1, -0.05) is 6.92 Å². The third-order valence-corrected chi connectivity index (χ3v) is 2.87. The van der Waals surface area contributed by atoms with E-state index >= 15 is 0 Å². The molecule has 1 rings (SSSR count). The Morgan fingerprint density at radius 3 is 2.69 bits per heavy atom. The second-order valence-corrected chi connectivity index (χ2v) is 4.69. The van der Waals surface area contributed by atoms with Gasteiger partial charge in [0.15, 0.2) is 0 Å². The predicted octanol–water partition coefficient (Wildman–Crippen LogP) is 0.524. The molecule has 1 fully saturated rings. The van der Waals surface area contributed by atoms with Crippen LogP contribution in [0.1, 0.15) is 32.6 Å². The number of ether oxygens (including phenoxy) is 1. The van der Waals surface area contributed by atoms with E-state index in [2.05, 4.69) is 5.32 Å². The lowest BCUT2D eigenvalue weighted by Crippen LogP contribution is -2.32. The van der Waals surface area contributed by atoms with E-state index in [0.717, 1.165) is 31.9 Å². The third kappa shape index (κ3) is 7.17. The second-order valence-electron chi connectivity index (χ2n) is 4.69. The van der Waals surface area contributed by atoms with E-state index in [1.54, 1.807) is 0 Å². The number of aliphatic hydroxyl groups is 2. The van der Waals surface area contributed by atoms with Crippen LogP contribution in [0.15, 0.2) is 0 Å². The predicted molar refractivity (Wildman–Crippen MR) is 63.3 cm³/mol. The lowest BCUT2D eigenvalue weighted by atomic mass is 10.2. The van der Waals surface area contributed by atoms with Gasteiger partial charge >= 0.3 is 0 Å². The van der Waals surface area contributed by atoms with E-state index in [0.29, 0.717) is 13.2 Å². The highest BCUT2D eigenvalue weighted by Gasteiger charge is 2.21.